The molecule has 3 fully saturated rings. The standard InChI is InChI=1S/C45H45ClFN5O6/c46-18-15-35(29-3-9-33(53)10-4-29)42(31-5-11-34(54)12-6-31)30-1-7-32(8-2-30)50-19-16-28(17-20-50)27-49-21-23-51(24-22-49)40-26-37-36(25-38(40)47)44(57)52(45(37)58)39-13-14-41(55)48-43(39)56/h1-12,25-26,28,39,53-54H,13-24,27H2,(H,48,55,56). The molecule has 4 aliphatic heterocycles. The Morgan fingerprint density at radius 1 is 0.707 bits per heavy atom. The Balaban J connectivity index is 0.881. The van der Waals surface area contributed by atoms with Gasteiger partial charge in [0.05, 0.1) is 16.8 Å². The molecule has 0 spiro atoms. The molecule has 0 saturated carbocycles. The number of benzene rings is 4. The summed E-state index contributed by atoms with van der Waals surface area (Å²) < 4.78 is 15.5. The Labute approximate surface area is 341 Å². The molecule has 300 valence electrons. The Morgan fingerprint density at radius 2 is 1.28 bits per heavy atom. The highest BCUT2D eigenvalue weighted by Crippen LogP contribution is 2.38. The highest BCUT2D eigenvalue weighted by molar-refractivity contribution is 6.24. The van der Waals surface area contributed by atoms with Gasteiger partial charge in [-0.05, 0) is 108 Å². The van der Waals surface area contributed by atoms with E-state index in [2.05, 4.69) is 39.4 Å². The normalized spacial score (nSPS) is 19.7. The highest BCUT2D eigenvalue weighted by atomic mass is 35.5. The number of fused-ring (bicyclic) bond motifs is 1. The quantitative estimate of drug-likeness (QED) is 0.0965. The van der Waals surface area contributed by atoms with Gasteiger partial charge in [-0.3, -0.25) is 34.3 Å². The van der Waals surface area contributed by atoms with Gasteiger partial charge in [0.25, 0.3) is 11.8 Å². The zero-order valence-electron chi connectivity index (χ0n) is 32.0. The van der Waals surface area contributed by atoms with Crippen LogP contribution in [0, 0.1) is 11.7 Å². The largest absolute Gasteiger partial charge is 0.508 e. The van der Waals surface area contributed by atoms with Gasteiger partial charge >= 0.3 is 0 Å². The fraction of sp³-hybridized carbons (Fsp3) is 0.333. The number of aromatic hydroxyl groups is 2. The molecular weight excluding hydrogens is 761 g/mol. The summed E-state index contributed by atoms with van der Waals surface area (Å²) in [6.07, 6.45) is 2.77. The van der Waals surface area contributed by atoms with Gasteiger partial charge in [0, 0.05) is 63.8 Å². The molecule has 13 heteroatoms. The van der Waals surface area contributed by atoms with Crippen molar-refractivity contribution in [3.63, 3.8) is 0 Å². The van der Waals surface area contributed by atoms with Crippen molar-refractivity contribution < 1.29 is 33.8 Å². The summed E-state index contributed by atoms with van der Waals surface area (Å²) in [6.45, 7) is 5.42. The van der Waals surface area contributed by atoms with Crippen LogP contribution < -0.4 is 15.1 Å². The van der Waals surface area contributed by atoms with E-state index in [1.807, 2.05) is 29.2 Å². The first-order valence-electron chi connectivity index (χ1n) is 19.8. The molecule has 1 atom stereocenters. The SMILES string of the molecule is O=C1CCC(N2C(=O)c3cc(F)c(N4CCN(CC5CCN(c6ccc(C(=C(CCCl)c7ccc(O)cc7)c7ccc(O)cc7)cc6)CC5)CC4)cc3C2=O)C(=O)N1. The molecule has 0 radical (unpaired) electrons. The lowest BCUT2D eigenvalue weighted by molar-refractivity contribution is -0.136. The molecule has 8 rings (SSSR count). The summed E-state index contributed by atoms with van der Waals surface area (Å²) in [5.41, 5.74) is 6.48. The van der Waals surface area contributed by atoms with Gasteiger partial charge in [0.1, 0.15) is 23.4 Å². The third-order valence-corrected chi connectivity index (χ3v) is 12.1. The molecule has 1 unspecified atom stereocenters. The van der Waals surface area contributed by atoms with E-state index in [4.69, 9.17) is 11.6 Å². The van der Waals surface area contributed by atoms with Crippen molar-refractivity contribution in [2.24, 2.45) is 5.92 Å². The van der Waals surface area contributed by atoms with Crippen LogP contribution in [0.15, 0.2) is 84.9 Å². The number of anilines is 2. The second kappa shape index (κ2) is 16.6. The number of imide groups is 2. The molecule has 58 heavy (non-hydrogen) atoms. The Morgan fingerprint density at radius 3 is 1.86 bits per heavy atom. The van der Waals surface area contributed by atoms with Gasteiger partial charge in [-0.1, -0.05) is 36.4 Å². The molecule has 3 N–H and O–H groups in total. The maximum atomic E-state index is 15.5. The van der Waals surface area contributed by atoms with Crippen molar-refractivity contribution in [2.45, 2.75) is 38.1 Å². The summed E-state index contributed by atoms with van der Waals surface area (Å²) >= 11 is 6.33. The molecule has 4 heterocycles. The Bertz CT molecular complexity index is 2250. The van der Waals surface area contributed by atoms with E-state index in [0.29, 0.717) is 31.3 Å². The van der Waals surface area contributed by atoms with Crippen LogP contribution in [-0.2, 0) is 9.59 Å². The molecule has 4 aromatic carbocycles. The maximum Gasteiger partial charge on any atom is 0.262 e. The van der Waals surface area contributed by atoms with Crippen molar-refractivity contribution in [3.05, 3.63) is 119 Å². The van der Waals surface area contributed by atoms with Crippen molar-refractivity contribution in [3.8, 4) is 11.5 Å². The summed E-state index contributed by atoms with van der Waals surface area (Å²) in [5, 5.41) is 22.1. The predicted octanol–water partition coefficient (Wildman–Crippen LogP) is 6.26. The summed E-state index contributed by atoms with van der Waals surface area (Å²) in [5.74, 6) is -1.76. The molecule has 0 aliphatic carbocycles. The number of hydrogen-bond acceptors (Lipinski definition) is 9. The van der Waals surface area contributed by atoms with Gasteiger partial charge < -0.3 is 20.0 Å². The maximum absolute atomic E-state index is 15.5. The number of piperidine rings is 2. The van der Waals surface area contributed by atoms with E-state index in [1.165, 1.54) is 6.07 Å². The zero-order valence-corrected chi connectivity index (χ0v) is 32.8. The number of nitrogens with one attached hydrogen (secondary N) is 1. The fourth-order valence-electron chi connectivity index (χ4n) is 8.78. The molecule has 3 saturated heterocycles. The number of rotatable bonds is 10. The second-order valence-electron chi connectivity index (χ2n) is 15.4. The lowest BCUT2D eigenvalue weighted by Gasteiger charge is -2.40. The minimum atomic E-state index is -1.10. The highest BCUT2D eigenvalue weighted by Gasteiger charge is 2.45. The van der Waals surface area contributed by atoms with Gasteiger partial charge in [-0.15, -0.1) is 11.6 Å². The zero-order chi connectivity index (χ0) is 40.5. The van der Waals surface area contributed by atoms with E-state index in [0.717, 1.165) is 90.1 Å². The smallest absolute Gasteiger partial charge is 0.262 e. The number of alkyl halides is 1. The molecule has 4 aromatic rings. The fourth-order valence-corrected chi connectivity index (χ4v) is 8.97. The van der Waals surface area contributed by atoms with E-state index >= 15 is 4.39 Å². The van der Waals surface area contributed by atoms with E-state index in [-0.39, 0.29) is 41.2 Å². The van der Waals surface area contributed by atoms with Crippen LogP contribution in [0.25, 0.3) is 11.1 Å². The van der Waals surface area contributed by atoms with Gasteiger partial charge in [0.2, 0.25) is 11.8 Å². The first-order chi connectivity index (χ1) is 28.1. The Kier molecular flexibility index (Phi) is 11.2. The number of piperazine rings is 1. The third kappa shape index (κ3) is 7.91. The van der Waals surface area contributed by atoms with Gasteiger partial charge in [0.15, 0.2) is 0 Å². The minimum Gasteiger partial charge on any atom is -0.508 e. The summed E-state index contributed by atoms with van der Waals surface area (Å²) in [4.78, 5) is 58.2. The number of phenolic OH excluding ortho intramolecular Hbond substituents is 2. The van der Waals surface area contributed by atoms with Crippen LogP contribution in [0.1, 0.15) is 69.5 Å². The summed E-state index contributed by atoms with van der Waals surface area (Å²) in [7, 11) is 0. The first-order valence-corrected chi connectivity index (χ1v) is 20.4. The first kappa shape index (κ1) is 39.1. The van der Waals surface area contributed by atoms with Gasteiger partial charge in [-0.25, -0.2) is 4.39 Å². The van der Waals surface area contributed by atoms with Crippen LogP contribution >= 0.6 is 11.6 Å². The molecule has 4 amide bonds. The number of hydrogen-bond donors (Lipinski definition) is 3. The van der Waals surface area contributed by atoms with Crippen molar-refractivity contribution in [1.82, 2.24) is 15.1 Å². The van der Waals surface area contributed by atoms with E-state index in [1.54, 1.807) is 24.3 Å². The van der Waals surface area contributed by atoms with Gasteiger partial charge in [-0.2, -0.15) is 0 Å². The number of carbonyl (C=O) groups excluding carboxylic acids is 4. The number of allylic oxidation sites excluding steroid dienone is 1. The van der Waals surface area contributed by atoms with E-state index < -0.39 is 35.5 Å². The minimum absolute atomic E-state index is 0.0183. The summed E-state index contributed by atoms with van der Waals surface area (Å²) in [6, 6.07) is 24.4. The monoisotopic (exact) mass is 805 g/mol. The average Bonchev–Trinajstić information content (AvgIpc) is 3.46. The van der Waals surface area contributed by atoms with Crippen LogP contribution in [0.5, 0.6) is 11.5 Å². The number of carbonyl (C=O) groups is 4. The van der Waals surface area contributed by atoms with E-state index in [9.17, 15) is 29.4 Å². The van der Waals surface area contributed by atoms with Crippen molar-refractivity contribution in [1.29, 1.82) is 0 Å². The third-order valence-electron chi connectivity index (χ3n) is 11.9. The number of phenols is 2. The molecule has 0 aromatic heterocycles. The molecular formula is C45H45ClFN5O6. The molecule has 0 bridgehead atoms. The van der Waals surface area contributed by atoms with Crippen molar-refractivity contribution in [2.75, 3.05) is 61.5 Å². The average molecular weight is 806 g/mol. The molecule has 11 nitrogen and oxygen atoms in total. The van der Waals surface area contributed by atoms with Crippen LogP contribution in [0.2, 0.25) is 0 Å². The number of halogens is 2. The number of nitrogens with zero attached hydrogens (tertiary/aromatic N) is 4. The Hall–Kier alpha value is -5.72. The lowest BCUT2D eigenvalue weighted by Crippen LogP contribution is -2.54. The van der Waals surface area contributed by atoms with Crippen LogP contribution in [-0.4, -0.2) is 101 Å². The number of amides is 4. The predicted molar refractivity (Wildman–Crippen MR) is 221 cm³/mol. The van der Waals surface area contributed by atoms with Crippen LogP contribution in [0.4, 0.5) is 15.8 Å². The van der Waals surface area contributed by atoms with Crippen LogP contribution in [0.3, 0.4) is 0 Å². The molecule has 4 aliphatic rings. The topological polar surface area (TPSA) is 134 Å². The lowest BCUT2D eigenvalue weighted by atomic mass is 9.88. The van der Waals surface area contributed by atoms with Crippen molar-refractivity contribution >= 4 is 57.8 Å². The second-order valence-corrected chi connectivity index (χ2v) is 15.8.